The van der Waals surface area contributed by atoms with Gasteiger partial charge in [-0.3, -0.25) is 0 Å². The molecule has 0 unspecified atom stereocenters. The first kappa shape index (κ1) is 23.4. The van der Waals surface area contributed by atoms with Gasteiger partial charge in [0.05, 0.1) is 0 Å². The van der Waals surface area contributed by atoms with Crippen molar-refractivity contribution in [2.75, 3.05) is 0 Å². The van der Waals surface area contributed by atoms with Crippen molar-refractivity contribution in [2.45, 2.75) is 34.1 Å². The molecule has 2 heteroatoms. The maximum Gasteiger partial charge on any atom is 2.00 e. The molecule has 0 bridgehead atoms. The Labute approximate surface area is 105 Å². The summed E-state index contributed by atoms with van der Waals surface area (Å²) in [5, 5.41) is 0. The van der Waals surface area contributed by atoms with E-state index in [9.17, 15) is 0 Å². The molecule has 1 rings (SSSR count). The molecule has 0 aromatic heterocycles. The normalized spacial score (nSPS) is 13.8. The molecule has 0 atom stereocenters. The van der Waals surface area contributed by atoms with Gasteiger partial charge >= 0.3 is 21.7 Å². The molecule has 1 aliphatic rings. The SMILES string of the molecule is CC1=C(C)C(C)=C(C)C1.[CH3-].[CH3-].[Cl-].[Ti+2]. The van der Waals surface area contributed by atoms with Crippen molar-refractivity contribution in [3.63, 3.8) is 0 Å². The van der Waals surface area contributed by atoms with Gasteiger partial charge in [0.15, 0.2) is 0 Å². The van der Waals surface area contributed by atoms with Crippen molar-refractivity contribution in [2.24, 2.45) is 0 Å². The van der Waals surface area contributed by atoms with Gasteiger partial charge in [-0.15, -0.1) is 0 Å². The Morgan fingerprint density at radius 3 is 1.08 bits per heavy atom. The topological polar surface area (TPSA) is 0 Å². The average molecular weight is 236 g/mol. The summed E-state index contributed by atoms with van der Waals surface area (Å²) in [6.07, 6.45) is 1.21. The van der Waals surface area contributed by atoms with Crippen LogP contribution in [0.3, 0.4) is 0 Å². The minimum Gasteiger partial charge on any atom is -1.00 e. The Kier molecular flexibility index (Phi) is 16.3. The first-order valence-corrected chi connectivity index (χ1v) is 3.46. The zero-order valence-electron chi connectivity index (χ0n) is 9.59. The molecule has 0 spiro atoms. The molecule has 76 valence electrons. The monoisotopic (exact) mass is 235 g/mol. The molecule has 13 heavy (non-hydrogen) atoms. The predicted molar refractivity (Wildman–Crippen MR) is 54.2 cm³/mol. The Balaban J connectivity index is -0.000000101. The first-order valence-electron chi connectivity index (χ1n) is 3.46. The second kappa shape index (κ2) is 9.06. The molecule has 0 saturated carbocycles. The third kappa shape index (κ3) is 5.05. The maximum absolute atomic E-state index is 2.22. The molecule has 0 N–H and O–H groups in total. The molecule has 0 radical (unpaired) electrons. The first-order chi connectivity index (χ1) is 4.13. The average Bonchev–Trinajstić information content (AvgIpc) is 1.98. The van der Waals surface area contributed by atoms with Gasteiger partial charge in [-0.2, -0.15) is 0 Å². The molecule has 0 aliphatic heterocycles. The van der Waals surface area contributed by atoms with Gasteiger partial charge in [0, 0.05) is 0 Å². The molecule has 0 heterocycles. The van der Waals surface area contributed by atoms with E-state index in [4.69, 9.17) is 0 Å². The molecule has 0 nitrogen and oxygen atoms in total. The van der Waals surface area contributed by atoms with Crippen LogP contribution in [-0.2, 0) is 21.7 Å². The zero-order valence-corrected chi connectivity index (χ0v) is 11.9. The minimum atomic E-state index is 0. The molecule has 0 amide bonds. The minimum absolute atomic E-state index is 0. The van der Waals surface area contributed by atoms with Gasteiger partial charge in [-0.05, 0) is 45.3 Å². The van der Waals surface area contributed by atoms with Gasteiger partial charge in [0.25, 0.3) is 0 Å². The fourth-order valence-corrected chi connectivity index (χ4v) is 1.30. The second-order valence-corrected chi connectivity index (χ2v) is 2.99. The van der Waals surface area contributed by atoms with E-state index < -0.39 is 0 Å². The van der Waals surface area contributed by atoms with Crippen LogP contribution in [0.5, 0.6) is 0 Å². The number of allylic oxidation sites excluding steroid dienone is 4. The molecule has 1 aliphatic carbocycles. The molecule has 0 aromatic rings. The smallest absolute Gasteiger partial charge is 1.00 e. The fourth-order valence-electron chi connectivity index (χ4n) is 1.30. The summed E-state index contributed by atoms with van der Waals surface area (Å²) in [4.78, 5) is 0. The van der Waals surface area contributed by atoms with Gasteiger partial charge in [0.1, 0.15) is 0 Å². The van der Waals surface area contributed by atoms with Gasteiger partial charge < -0.3 is 27.3 Å². The summed E-state index contributed by atoms with van der Waals surface area (Å²) in [6, 6.07) is 0. The third-order valence-electron chi connectivity index (χ3n) is 2.37. The van der Waals surface area contributed by atoms with Crippen LogP contribution in [-0.4, -0.2) is 0 Å². The van der Waals surface area contributed by atoms with Crippen molar-refractivity contribution < 1.29 is 34.1 Å². The molecule has 0 saturated heterocycles. The van der Waals surface area contributed by atoms with E-state index in [0.29, 0.717) is 0 Å². The van der Waals surface area contributed by atoms with Crippen LogP contribution in [0.4, 0.5) is 0 Å². The van der Waals surface area contributed by atoms with Gasteiger partial charge in [0.2, 0.25) is 0 Å². The largest absolute Gasteiger partial charge is 2.00 e. The van der Waals surface area contributed by atoms with Crippen molar-refractivity contribution in [3.8, 4) is 0 Å². The van der Waals surface area contributed by atoms with Crippen molar-refractivity contribution in [1.29, 1.82) is 0 Å². The van der Waals surface area contributed by atoms with Crippen LogP contribution in [0.2, 0.25) is 0 Å². The Hall–Kier alpha value is 0.484. The summed E-state index contributed by atoms with van der Waals surface area (Å²) >= 11 is 0. The second-order valence-electron chi connectivity index (χ2n) is 2.99. The van der Waals surface area contributed by atoms with E-state index >= 15 is 0 Å². The van der Waals surface area contributed by atoms with Crippen LogP contribution in [0.15, 0.2) is 22.3 Å². The van der Waals surface area contributed by atoms with E-state index in [-0.39, 0.29) is 49.0 Å². The van der Waals surface area contributed by atoms with E-state index in [2.05, 4.69) is 27.7 Å². The Morgan fingerprint density at radius 1 is 0.769 bits per heavy atom. The van der Waals surface area contributed by atoms with Gasteiger partial charge in [-0.1, -0.05) is 11.1 Å². The number of rotatable bonds is 0. The van der Waals surface area contributed by atoms with Crippen LogP contribution >= 0.6 is 0 Å². The Bertz CT molecular complexity index is 180. The standard InChI is InChI=1S/C9H14.2CH3.ClH.Ti/c1-6-5-7(2)9(4)8(6)3;;;;/h5H2,1-4H3;2*1H3;1H;/q;2*-1;;+2/p-1. The molecular weight excluding hydrogens is 215 g/mol. The molecule has 0 aromatic carbocycles. The summed E-state index contributed by atoms with van der Waals surface area (Å²) in [5.41, 5.74) is 6.11. The number of hydrogen-bond donors (Lipinski definition) is 0. The Morgan fingerprint density at radius 2 is 1.00 bits per heavy atom. The summed E-state index contributed by atoms with van der Waals surface area (Å²) in [7, 11) is 0. The fraction of sp³-hybridized carbons (Fsp3) is 0.455. The maximum atomic E-state index is 2.22. The summed E-state index contributed by atoms with van der Waals surface area (Å²) in [5.74, 6) is 0. The van der Waals surface area contributed by atoms with Crippen molar-refractivity contribution in [1.82, 2.24) is 0 Å². The van der Waals surface area contributed by atoms with Crippen molar-refractivity contribution >= 4 is 0 Å². The van der Waals surface area contributed by atoms with Crippen molar-refractivity contribution in [3.05, 3.63) is 37.1 Å². The zero-order chi connectivity index (χ0) is 7.02. The molecule has 0 fully saturated rings. The van der Waals surface area contributed by atoms with Crippen LogP contribution in [0.1, 0.15) is 34.1 Å². The van der Waals surface area contributed by atoms with E-state index in [1.54, 1.807) is 11.1 Å². The van der Waals surface area contributed by atoms with Crippen LogP contribution in [0, 0.1) is 14.9 Å². The van der Waals surface area contributed by atoms with E-state index in [1.165, 1.54) is 17.6 Å². The number of halogens is 1. The number of hydrogen-bond acceptors (Lipinski definition) is 0. The third-order valence-corrected chi connectivity index (χ3v) is 2.37. The van der Waals surface area contributed by atoms with E-state index in [1.807, 2.05) is 0 Å². The van der Waals surface area contributed by atoms with Gasteiger partial charge in [-0.25, -0.2) is 0 Å². The van der Waals surface area contributed by atoms with E-state index in [0.717, 1.165) is 0 Å². The quantitative estimate of drug-likeness (QED) is 0.434. The predicted octanol–water partition coefficient (Wildman–Crippen LogP) is 0.965. The summed E-state index contributed by atoms with van der Waals surface area (Å²) in [6.45, 7) is 8.85. The summed E-state index contributed by atoms with van der Waals surface area (Å²) < 4.78 is 0. The van der Waals surface area contributed by atoms with Crippen LogP contribution in [0.25, 0.3) is 0 Å². The van der Waals surface area contributed by atoms with Crippen LogP contribution < -0.4 is 12.4 Å². The molecular formula is C11H20ClTi-.